The van der Waals surface area contributed by atoms with Crippen molar-refractivity contribution in [3.63, 3.8) is 0 Å². The molecule has 1 N–H and O–H groups in total. The van der Waals surface area contributed by atoms with Crippen LogP contribution in [-0.4, -0.2) is 53.6 Å². The fourth-order valence-electron chi connectivity index (χ4n) is 2.55. The van der Waals surface area contributed by atoms with Gasteiger partial charge in [-0.25, -0.2) is 4.79 Å². The summed E-state index contributed by atoms with van der Waals surface area (Å²) in [5.41, 5.74) is -0.687. The molecule has 0 aromatic carbocycles. The molecular formula is C15H25F3N2O4. The Hall–Kier alpha value is -1.51. The second-order valence-electron chi connectivity index (χ2n) is 6.96. The quantitative estimate of drug-likeness (QED) is 0.846. The van der Waals surface area contributed by atoms with E-state index < -0.39 is 36.2 Å². The first-order valence-corrected chi connectivity index (χ1v) is 7.83. The Morgan fingerprint density at radius 1 is 1.25 bits per heavy atom. The highest BCUT2D eigenvalue weighted by Gasteiger charge is 2.38. The minimum absolute atomic E-state index is 0.0877. The molecule has 0 unspecified atom stereocenters. The van der Waals surface area contributed by atoms with Crippen LogP contribution in [0, 0.1) is 0 Å². The number of nitrogens with one attached hydrogen (secondary N) is 1. The number of alkyl halides is 3. The van der Waals surface area contributed by atoms with Crippen LogP contribution in [-0.2, 0) is 14.3 Å². The van der Waals surface area contributed by atoms with E-state index in [9.17, 15) is 22.8 Å². The van der Waals surface area contributed by atoms with Crippen molar-refractivity contribution in [1.29, 1.82) is 0 Å². The molecule has 1 aliphatic rings. The van der Waals surface area contributed by atoms with E-state index in [1.807, 2.05) is 0 Å². The van der Waals surface area contributed by atoms with Gasteiger partial charge in [0.2, 0.25) is 5.91 Å². The van der Waals surface area contributed by atoms with Gasteiger partial charge in [0.1, 0.15) is 11.6 Å². The van der Waals surface area contributed by atoms with Gasteiger partial charge < -0.3 is 15.0 Å². The molecule has 24 heavy (non-hydrogen) atoms. The summed E-state index contributed by atoms with van der Waals surface area (Å²) >= 11 is 0. The van der Waals surface area contributed by atoms with E-state index in [1.54, 1.807) is 27.7 Å². The molecule has 0 radical (unpaired) electrons. The molecule has 1 saturated heterocycles. The number of nitrogens with zero attached hydrogens (tertiary/aromatic N) is 1. The van der Waals surface area contributed by atoms with E-state index in [1.165, 1.54) is 11.8 Å². The van der Waals surface area contributed by atoms with Gasteiger partial charge in [-0.05, 0) is 47.5 Å². The van der Waals surface area contributed by atoms with Gasteiger partial charge in [0.15, 0.2) is 0 Å². The van der Waals surface area contributed by atoms with E-state index in [-0.39, 0.29) is 25.3 Å². The zero-order valence-electron chi connectivity index (χ0n) is 14.6. The van der Waals surface area contributed by atoms with Gasteiger partial charge in [0.25, 0.3) is 0 Å². The van der Waals surface area contributed by atoms with Crippen molar-refractivity contribution >= 4 is 12.0 Å². The molecule has 0 saturated carbocycles. The van der Waals surface area contributed by atoms with Crippen LogP contribution in [0.15, 0.2) is 0 Å². The maximum absolute atomic E-state index is 12.4. The zero-order chi connectivity index (χ0) is 18.7. The Kier molecular flexibility index (Phi) is 6.49. The van der Waals surface area contributed by atoms with Crippen LogP contribution in [0.2, 0.25) is 0 Å². The number of hydrogen-bond donors (Lipinski definition) is 1. The number of ether oxygens (including phenoxy) is 2. The van der Waals surface area contributed by atoms with Crippen molar-refractivity contribution in [2.24, 2.45) is 0 Å². The molecule has 140 valence electrons. The molecule has 0 bridgehead atoms. The fraction of sp³-hybridized carbons (Fsp3) is 0.867. The molecule has 1 aliphatic heterocycles. The molecular weight excluding hydrogens is 329 g/mol. The van der Waals surface area contributed by atoms with Gasteiger partial charge in [-0.1, -0.05) is 0 Å². The van der Waals surface area contributed by atoms with Crippen LogP contribution in [0.1, 0.15) is 47.5 Å². The van der Waals surface area contributed by atoms with E-state index >= 15 is 0 Å². The lowest BCUT2D eigenvalue weighted by molar-refractivity contribution is -0.346. The molecule has 3 atom stereocenters. The van der Waals surface area contributed by atoms with Crippen LogP contribution in [0.25, 0.3) is 0 Å². The number of halogens is 3. The van der Waals surface area contributed by atoms with Gasteiger partial charge in [0, 0.05) is 12.6 Å². The number of alkyl carbamates (subject to hydrolysis) is 1. The third-order valence-electron chi connectivity index (χ3n) is 3.52. The van der Waals surface area contributed by atoms with Gasteiger partial charge in [-0.15, -0.1) is 13.2 Å². The number of carbonyl (C=O) groups excluding carboxylic acids is 2. The highest BCUT2D eigenvalue weighted by atomic mass is 19.4. The molecule has 0 aromatic rings. The summed E-state index contributed by atoms with van der Waals surface area (Å²) in [6.07, 6.45) is -6.18. The summed E-state index contributed by atoms with van der Waals surface area (Å²) in [6, 6.07) is -1.25. The standard InChI is InChI=1S/C15H25F3N2O4/c1-9-8-11(23-15(16,17)18)6-7-20(9)12(21)10(2)19-13(22)24-14(3,4)5/h9-11H,6-8H2,1-5H3,(H,19,22)/t9-,10-,11+/m1/s1. The van der Waals surface area contributed by atoms with Gasteiger partial charge >= 0.3 is 12.5 Å². The van der Waals surface area contributed by atoms with E-state index in [0.717, 1.165) is 0 Å². The Morgan fingerprint density at radius 2 is 1.83 bits per heavy atom. The van der Waals surface area contributed by atoms with Crippen molar-refractivity contribution in [2.45, 2.75) is 77.6 Å². The van der Waals surface area contributed by atoms with E-state index in [2.05, 4.69) is 10.1 Å². The molecule has 2 amide bonds. The number of carbonyl (C=O) groups is 2. The van der Waals surface area contributed by atoms with E-state index in [0.29, 0.717) is 0 Å². The predicted octanol–water partition coefficient (Wildman–Crippen LogP) is 2.82. The van der Waals surface area contributed by atoms with Crippen molar-refractivity contribution in [2.75, 3.05) is 6.54 Å². The molecule has 9 heteroatoms. The fourth-order valence-corrected chi connectivity index (χ4v) is 2.55. The highest BCUT2D eigenvalue weighted by molar-refractivity contribution is 5.85. The highest BCUT2D eigenvalue weighted by Crippen LogP contribution is 2.27. The SMILES string of the molecule is C[C@@H]1C[C@@H](OC(F)(F)F)CCN1C(=O)[C@@H](C)NC(=O)OC(C)(C)C. The van der Waals surface area contributed by atoms with Gasteiger partial charge in [-0.2, -0.15) is 0 Å². The van der Waals surface area contributed by atoms with Crippen LogP contribution in [0.5, 0.6) is 0 Å². The molecule has 0 spiro atoms. The summed E-state index contributed by atoms with van der Waals surface area (Å²) in [5.74, 6) is -0.362. The molecule has 0 aromatic heterocycles. The van der Waals surface area contributed by atoms with Gasteiger partial charge in [-0.3, -0.25) is 9.53 Å². The molecule has 6 nitrogen and oxygen atoms in total. The number of rotatable bonds is 3. The van der Waals surface area contributed by atoms with Crippen LogP contribution >= 0.6 is 0 Å². The Morgan fingerprint density at radius 3 is 2.29 bits per heavy atom. The van der Waals surface area contributed by atoms with Gasteiger partial charge in [0.05, 0.1) is 6.10 Å². The first-order valence-electron chi connectivity index (χ1n) is 7.83. The lowest BCUT2D eigenvalue weighted by Crippen LogP contribution is -2.54. The Bertz CT molecular complexity index is 463. The van der Waals surface area contributed by atoms with Crippen molar-refractivity contribution in [3.8, 4) is 0 Å². The molecule has 1 rings (SSSR count). The first kappa shape index (κ1) is 20.5. The topological polar surface area (TPSA) is 67.9 Å². The summed E-state index contributed by atoms with van der Waals surface area (Å²) in [5, 5.41) is 2.44. The lowest BCUT2D eigenvalue weighted by atomic mass is 9.99. The summed E-state index contributed by atoms with van der Waals surface area (Å²) in [6.45, 7) is 8.41. The zero-order valence-corrected chi connectivity index (χ0v) is 14.6. The Balaban J connectivity index is 2.55. The van der Waals surface area contributed by atoms with Crippen LogP contribution in [0.4, 0.5) is 18.0 Å². The number of likely N-dealkylation sites (tertiary alicyclic amines) is 1. The summed E-state index contributed by atoms with van der Waals surface area (Å²) in [4.78, 5) is 25.5. The third-order valence-corrected chi connectivity index (χ3v) is 3.52. The second-order valence-corrected chi connectivity index (χ2v) is 6.96. The molecule has 1 fully saturated rings. The number of hydrogen-bond acceptors (Lipinski definition) is 4. The van der Waals surface area contributed by atoms with Crippen molar-refractivity contribution < 1.29 is 32.2 Å². The summed E-state index contributed by atoms with van der Waals surface area (Å²) in [7, 11) is 0. The number of amides is 2. The van der Waals surface area contributed by atoms with Crippen LogP contribution < -0.4 is 5.32 Å². The maximum Gasteiger partial charge on any atom is 0.522 e. The second kappa shape index (κ2) is 7.58. The summed E-state index contributed by atoms with van der Waals surface area (Å²) < 4.78 is 45.9. The van der Waals surface area contributed by atoms with Crippen LogP contribution in [0.3, 0.4) is 0 Å². The Labute approximate surface area is 139 Å². The smallest absolute Gasteiger partial charge is 0.444 e. The average molecular weight is 354 g/mol. The van der Waals surface area contributed by atoms with E-state index in [4.69, 9.17) is 4.74 Å². The first-order chi connectivity index (χ1) is 10.8. The number of piperidine rings is 1. The normalized spacial score (nSPS) is 23.6. The maximum atomic E-state index is 12.4. The van der Waals surface area contributed by atoms with Crippen molar-refractivity contribution in [3.05, 3.63) is 0 Å². The lowest BCUT2D eigenvalue weighted by Gasteiger charge is -2.39. The minimum atomic E-state index is -4.68. The molecule has 1 heterocycles. The van der Waals surface area contributed by atoms with Crippen molar-refractivity contribution in [1.82, 2.24) is 10.2 Å². The molecule has 0 aliphatic carbocycles. The third kappa shape index (κ3) is 6.94. The minimum Gasteiger partial charge on any atom is -0.444 e. The largest absolute Gasteiger partial charge is 0.522 e. The average Bonchev–Trinajstić information content (AvgIpc) is 2.33. The predicted molar refractivity (Wildman–Crippen MR) is 80.2 cm³/mol. The monoisotopic (exact) mass is 354 g/mol.